The van der Waals surface area contributed by atoms with E-state index >= 15 is 0 Å². The molecule has 0 aliphatic rings. The van der Waals surface area contributed by atoms with Gasteiger partial charge in [0.1, 0.15) is 11.9 Å². The molecule has 0 heterocycles. The van der Waals surface area contributed by atoms with Gasteiger partial charge in [-0.2, -0.15) is 0 Å². The van der Waals surface area contributed by atoms with Gasteiger partial charge in [-0.3, -0.25) is 4.79 Å². The van der Waals surface area contributed by atoms with Crippen molar-refractivity contribution in [2.75, 3.05) is 13.7 Å². The van der Waals surface area contributed by atoms with Gasteiger partial charge in [-0.15, -0.1) is 0 Å². The van der Waals surface area contributed by atoms with E-state index in [9.17, 15) is 4.79 Å². The van der Waals surface area contributed by atoms with Gasteiger partial charge in [0.15, 0.2) is 5.78 Å². The summed E-state index contributed by atoms with van der Waals surface area (Å²) in [4.78, 5) is 12.4. The quantitative estimate of drug-likeness (QED) is 0.752. The number of carbonyl (C=O) groups is 1. The van der Waals surface area contributed by atoms with E-state index in [1.807, 2.05) is 27.7 Å². The molecule has 1 unspecified atom stereocenters. The van der Waals surface area contributed by atoms with E-state index in [1.165, 1.54) is 0 Å². The second-order valence-electron chi connectivity index (χ2n) is 5.29. The maximum Gasteiger partial charge on any atom is 0.192 e. The van der Waals surface area contributed by atoms with Crippen LogP contribution in [-0.2, 0) is 4.74 Å². The molecule has 0 bridgehead atoms. The first-order valence-electron chi connectivity index (χ1n) is 6.20. The van der Waals surface area contributed by atoms with Crippen molar-refractivity contribution >= 4 is 5.78 Å². The Kier molecular flexibility index (Phi) is 4.91. The monoisotopic (exact) mass is 250 g/mol. The van der Waals surface area contributed by atoms with Crippen LogP contribution in [0.4, 0.5) is 0 Å². The summed E-state index contributed by atoms with van der Waals surface area (Å²) in [5.74, 6) is 0.766. The van der Waals surface area contributed by atoms with Gasteiger partial charge in [0.05, 0.1) is 7.11 Å². The summed E-state index contributed by atoms with van der Waals surface area (Å²) in [7, 11) is 1.61. The van der Waals surface area contributed by atoms with Crippen molar-refractivity contribution < 1.29 is 14.3 Å². The van der Waals surface area contributed by atoms with Gasteiger partial charge < -0.3 is 9.47 Å². The predicted octanol–water partition coefficient (Wildman–Crippen LogP) is 3.33. The first-order chi connectivity index (χ1) is 8.40. The third kappa shape index (κ3) is 3.57. The number of ether oxygens (including phenoxy) is 2. The van der Waals surface area contributed by atoms with Crippen molar-refractivity contribution in [2.24, 2.45) is 5.41 Å². The molecule has 3 nitrogen and oxygen atoms in total. The lowest BCUT2D eigenvalue weighted by Gasteiger charge is -2.29. The Labute approximate surface area is 109 Å². The Morgan fingerprint density at radius 3 is 2.17 bits per heavy atom. The minimum absolute atomic E-state index is 0.0204. The van der Waals surface area contributed by atoms with Crippen molar-refractivity contribution in [3.05, 3.63) is 29.8 Å². The first-order valence-corrected chi connectivity index (χ1v) is 6.20. The van der Waals surface area contributed by atoms with Crippen molar-refractivity contribution in [2.45, 2.75) is 33.8 Å². The largest absolute Gasteiger partial charge is 0.497 e. The number of hydrogen-bond acceptors (Lipinski definition) is 3. The highest BCUT2D eigenvalue weighted by Gasteiger charge is 2.32. The average molecular weight is 250 g/mol. The Morgan fingerprint density at radius 1 is 1.22 bits per heavy atom. The molecule has 1 aromatic rings. The summed E-state index contributed by atoms with van der Waals surface area (Å²) < 4.78 is 10.7. The Bertz CT molecular complexity index is 387. The van der Waals surface area contributed by atoms with Crippen LogP contribution in [0, 0.1) is 5.41 Å². The SMILES string of the molecule is CCOC(C(=O)c1ccc(OC)cc1)C(C)(C)C. The second kappa shape index (κ2) is 6.01. The van der Waals surface area contributed by atoms with Crippen molar-refractivity contribution in [3.63, 3.8) is 0 Å². The topological polar surface area (TPSA) is 35.5 Å². The molecule has 1 aromatic carbocycles. The summed E-state index contributed by atoms with van der Waals surface area (Å²) in [5.41, 5.74) is 0.441. The summed E-state index contributed by atoms with van der Waals surface area (Å²) in [5, 5.41) is 0. The number of benzene rings is 1. The number of ketones is 1. The molecule has 3 heteroatoms. The van der Waals surface area contributed by atoms with Crippen LogP contribution in [-0.4, -0.2) is 25.6 Å². The van der Waals surface area contributed by atoms with Crippen LogP contribution < -0.4 is 4.74 Å². The van der Waals surface area contributed by atoms with Gasteiger partial charge in [-0.25, -0.2) is 0 Å². The maximum absolute atomic E-state index is 12.4. The maximum atomic E-state index is 12.4. The molecule has 0 saturated heterocycles. The van der Waals surface area contributed by atoms with Crippen LogP contribution in [0.15, 0.2) is 24.3 Å². The minimum atomic E-state index is -0.420. The molecule has 0 saturated carbocycles. The van der Waals surface area contributed by atoms with Crippen LogP contribution in [0.1, 0.15) is 38.1 Å². The summed E-state index contributed by atoms with van der Waals surface area (Å²) in [6, 6.07) is 7.13. The number of Topliss-reactive ketones (excluding diaryl/α,β-unsaturated/α-hetero) is 1. The molecule has 1 rings (SSSR count). The molecule has 18 heavy (non-hydrogen) atoms. The van der Waals surface area contributed by atoms with Gasteiger partial charge in [-0.1, -0.05) is 20.8 Å². The number of carbonyl (C=O) groups excluding carboxylic acids is 1. The van der Waals surface area contributed by atoms with Gasteiger partial charge >= 0.3 is 0 Å². The third-order valence-corrected chi connectivity index (χ3v) is 2.73. The van der Waals surface area contributed by atoms with Crippen LogP contribution in [0.2, 0.25) is 0 Å². The number of rotatable bonds is 5. The highest BCUT2D eigenvalue weighted by molar-refractivity contribution is 6.00. The second-order valence-corrected chi connectivity index (χ2v) is 5.29. The zero-order chi connectivity index (χ0) is 13.8. The van der Waals surface area contributed by atoms with Crippen molar-refractivity contribution in [1.29, 1.82) is 0 Å². The van der Waals surface area contributed by atoms with Gasteiger partial charge in [0, 0.05) is 12.2 Å². The fourth-order valence-corrected chi connectivity index (χ4v) is 1.79. The molecular weight excluding hydrogens is 228 g/mol. The van der Waals surface area contributed by atoms with E-state index in [0.717, 1.165) is 5.75 Å². The Balaban J connectivity index is 2.94. The molecule has 100 valence electrons. The standard InChI is InChI=1S/C15H22O3/c1-6-18-14(15(2,3)4)13(16)11-7-9-12(17-5)10-8-11/h7-10,14H,6H2,1-5H3. The van der Waals surface area contributed by atoms with E-state index in [4.69, 9.17) is 9.47 Å². The zero-order valence-corrected chi connectivity index (χ0v) is 11.8. The average Bonchev–Trinajstić information content (AvgIpc) is 2.34. The van der Waals surface area contributed by atoms with Crippen LogP contribution in [0.3, 0.4) is 0 Å². The van der Waals surface area contributed by atoms with E-state index in [-0.39, 0.29) is 11.2 Å². The predicted molar refractivity (Wildman–Crippen MR) is 72.2 cm³/mol. The van der Waals surface area contributed by atoms with E-state index in [2.05, 4.69) is 0 Å². The van der Waals surface area contributed by atoms with E-state index in [0.29, 0.717) is 12.2 Å². The fraction of sp³-hybridized carbons (Fsp3) is 0.533. The molecule has 0 aliphatic carbocycles. The van der Waals surface area contributed by atoms with Gasteiger partial charge in [0.2, 0.25) is 0 Å². The molecule has 0 fully saturated rings. The fourth-order valence-electron chi connectivity index (χ4n) is 1.79. The van der Waals surface area contributed by atoms with Crippen molar-refractivity contribution in [1.82, 2.24) is 0 Å². The molecule has 1 atom stereocenters. The Morgan fingerprint density at radius 2 is 1.78 bits per heavy atom. The van der Waals surface area contributed by atoms with E-state index < -0.39 is 6.10 Å². The number of hydrogen-bond donors (Lipinski definition) is 0. The molecular formula is C15H22O3. The normalized spacial score (nSPS) is 13.2. The molecule has 0 aliphatic heterocycles. The van der Waals surface area contributed by atoms with E-state index in [1.54, 1.807) is 31.4 Å². The van der Waals surface area contributed by atoms with Crippen LogP contribution in [0.5, 0.6) is 5.75 Å². The lowest BCUT2D eigenvalue weighted by molar-refractivity contribution is -0.000220. The lowest BCUT2D eigenvalue weighted by atomic mass is 9.84. The Hall–Kier alpha value is -1.35. The smallest absolute Gasteiger partial charge is 0.192 e. The first kappa shape index (κ1) is 14.7. The summed E-state index contributed by atoms with van der Waals surface area (Å²) in [6.07, 6.45) is -0.420. The number of methoxy groups -OCH3 is 1. The molecule has 0 spiro atoms. The molecule has 0 aromatic heterocycles. The van der Waals surface area contributed by atoms with Gasteiger partial charge in [-0.05, 0) is 36.6 Å². The lowest BCUT2D eigenvalue weighted by Crippen LogP contribution is -2.37. The highest BCUT2D eigenvalue weighted by Crippen LogP contribution is 2.26. The molecule has 0 amide bonds. The summed E-state index contributed by atoms with van der Waals surface area (Å²) in [6.45, 7) is 8.46. The van der Waals surface area contributed by atoms with Crippen LogP contribution in [0.25, 0.3) is 0 Å². The highest BCUT2D eigenvalue weighted by atomic mass is 16.5. The minimum Gasteiger partial charge on any atom is -0.497 e. The molecule has 0 radical (unpaired) electrons. The zero-order valence-electron chi connectivity index (χ0n) is 11.8. The van der Waals surface area contributed by atoms with Gasteiger partial charge in [0.25, 0.3) is 0 Å². The summed E-state index contributed by atoms with van der Waals surface area (Å²) >= 11 is 0. The van der Waals surface area contributed by atoms with Crippen LogP contribution >= 0.6 is 0 Å². The van der Waals surface area contributed by atoms with Crippen molar-refractivity contribution in [3.8, 4) is 5.75 Å². The third-order valence-electron chi connectivity index (χ3n) is 2.73. The molecule has 0 N–H and O–H groups in total.